The minimum atomic E-state index is -3.99. The van der Waals surface area contributed by atoms with Gasteiger partial charge in [0.05, 0.1) is 10.5 Å². The number of halogens is 1. The molecule has 0 aliphatic carbocycles. The van der Waals surface area contributed by atoms with E-state index < -0.39 is 28.0 Å². The van der Waals surface area contributed by atoms with Crippen LogP contribution in [0.3, 0.4) is 0 Å². The monoisotopic (exact) mass is 428 g/mol. The van der Waals surface area contributed by atoms with Crippen molar-refractivity contribution in [1.29, 1.82) is 0 Å². The van der Waals surface area contributed by atoms with Crippen molar-refractivity contribution in [3.8, 4) is 0 Å². The maximum atomic E-state index is 12.2. The summed E-state index contributed by atoms with van der Waals surface area (Å²) in [5.74, 6) is -1.47. The van der Waals surface area contributed by atoms with Gasteiger partial charge >= 0.3 is 5.97 Å². The Morgan fingerprint density at radius 1 is 1.28 bits per heavy atom. The molecule has 1 unspecified atom stereocenters. The van der Waals surface area contributed by atoms with E-state index in [4.69, 9.17) is 9.88 Å². The van der Waals surface area contributed by atoms with Gasteiger partial charge in [-0.05, 0) is 47.1 Å². The quantitative estimate of drug-likeness (QED) is 0.678. The van der Waals surface area contributed by atoms with E-state index in [1.807, 2.05) is 0 Å². The molecule has 3 N–H and O–H groups in total. The number of nitrogens with one attached hydrogen (secondary N) is 1. The Labute approximate surface area is 151 Å². The summed E-state index contributed by atoms with van der Waals surface area (Å²) in [5.41, 5.74) is -0.0814. The van der Waals surface area contributed by atoms with Crippen LogP contribution in [0.1, 0.15) is 17.3 Å². The minimum absolute atomic E-state index is 0.0628. The van der Waals surface area contributed by atoms with Crippen LogP contribution in [0.2, 0.25) is 0 Å². The first kappa shape index (κ1) is 19.0. The predicted molar refractivity (Wildman–Crippen MR) is 91.1 cm³/mol. The van der Waals surface area contributed by atoms with Crippen LogP contribution in [0.4, 0.5) is 5.95 Å². The van der Waals surface area contributed by atoms with Gasteiger partial charge in [-0.25, -0.2) is 28.3 Å². The van der Waals surface area contributed by atoms with Crippen molar-refractivity contribution in [2.45, 2.75) is 17.9 Å². The van der Waals surface area contributed by atoms with E-state index in [9.17, 15) is 18.0 Å². The number of ether oxygens (including phenoxy) is 1. The number of carbonyl (C=O) groups excluding carboxylic acids is 2. The molecule has 11 heteroatoms. The van der Waals surface area contributed by atoms with Crippen molar-refractivity contribution in [2.24, 2.45) is 5.14 Å². The number of hydrogen-bond acceptors (Lipinski definition) is 7. The molecule has 0 saturated carbocycles. The summed E-state index contributed by atoms with van der Waals surface area (Å²) in [6, 6.07) is 5.22. The van der Waals surface area contributed by atoms with Gasteiger partial charge < -0.3 is 4.74 Å². The van der Waals surface area contributed by atoms with Gasteiger partial charge in [0.1, 0.15) is 0 Å². The Morgan fingerprint density at radius 2 is 1.92 bits per heavy atom. The molecule has 1 atom stereocenters. The fourth-order valence-electron chi connectivity index (χ4n) is 1.69. The summed E-state index contributed by atoms with van der Waals surface area (Å²) in [6.45, 7) is 1.35. The lowest BCUT2D eigenvalue weighted by molar-refractivity contribution is -0.123. The average molecular weight is 429 g/mol. The molecular weight excluding hydrogens is 416 g/mol. The highest BCUT2D eigenvalue weighted by atomic mass is 79.9. The van der Waals surface area contributed by atoms with Gasteiger partial charge in [-0.15, -0.1) is 0 Å². The van der Waals surface area contributed by atoms with Crippen molar-refractivity contribution in [3.63, 3.8) is 0 Å². The molecule has 1 aromatic heterocycles. The molecular formula is C14H13BrN4O5S. The molecule has 2 aromatic rings. The summed E-state index contributed by atoms with van der Waals surface area (Å²) in [6.07, 6.45) is 1.71. The number of primary sulfonamides is 1. The lowest BCUT2D eigenvalue weighted by Crippen LogP contribution is -2.30. The van der Waals surface area contributed by atoms with Crippen LogP contribution in [-0.4, -0.2) is 36.4 Å². The van der Waals surface area contributed by atoms with Gasteiger partial charge in [0.25, 0.3) is 5.91 Å². The lowest BCUT2D eigenvalue weighted by atomic mass is 10.2. The van der Waals surface area contributed by atoms with Gasteiger partial charge in [-0.2, -0.15) is 0 Å². The second kappa shape index (κ2) is 7.68. The molecule has 0 saturated heterocycles. The Hall–Kier alpha value is -2.37. The Bertz CT molecular complexity index is 905. The number of nitrogens with two attached hydrogens (primary N) is 1. The van der Waals surface area contributed by atoms with E-state index >= 15 is 0 Å². The molecule has 2 rings (SSSR count). The van der Waals surface area contributed by atoms with E-state index in [0.29, 0.717) is 4.47 Å². The van der Waals surface area contributed by atoms with E-state index in [2.05, 4.69) is 31.2 Å². The molecule has 9 nitrogen and oxygen atoms in total. The zero-order chi connectivity index (χ0) is 18.6. The van der Waals surface area contributed by atoms with Crippen molar-refractivity contribution < 1.29 is 22.7 Å². The third-order valence-corrected chi connectivity index (χ3v) is 4.54. The number of hydrogen-bond donors (Lipinski definition) is 2. The largest absolute Gasteiger partial charge is 0.449 e. The topological polar surface area (TPSA) is 141 Å². The second-order valence-corrected chi connectivity index (χ2v) is 7.21. The second-order valence-electron chi connectivity index (χ2n) is 4.80. The first-order valence-electron chi connectivity index (χ1n) is 6.79. The van der Waals surface area contributed by atoms with Crippen molar-refractivity contribution in [2.75, 3.05) is 5.32 Å². The number of aromatic nitrogens is 2. The maximum absolute atomic E-state index is 12.2. The molecule has 1 amide bonds. The first-order chi connectivity index (χ1) is 11.7. The highest BCUT2D eigenvalue weighted by Gasteiger charge is 2.22. The number of esters is 1. The third-order valence-electron chi connectivity index (χ3n) is 2.94. The molecule has 0 aliphatic heterocycles. The molecule has 0 radical (unpaired) electrons. The molecule has 132 valence electrons. The molecule has 0 fully saturated rings. The van der Waals surface area contributed by atoms with Crippen LogP contribution < -0.4 is 10.5 Å². The lowest BCUT2D eigenvalue weighted by Gasteiger charge is -2.13. The fourth-order valence-corrected chi connectivity index (χ4v) is 2.64. The van der Waals surface area contributed by atoms with Gasteiger partial charge in [-0.3, -0.25) is 10.1 Å². The number of amides is 1. The van der Waals surface area contributed by atoms with Gasteiger partial charge in [0, 0.05) is 16.9 Å². The van der Waals surface area contributed by atoms with Crippen LogP contribution in [0.5, 0.6) is 0 Å². The van der Waals surface area contributed by atoms with Gasteiger partial charge in [0.15, 0.2) is 6.10 Å². The predicted octanol–water partition coefficient (Wildman–Crippen LogP) is 1.07. The van der Waals surface area contributed by atoms with E-state index in [-0.39, 0.29) is 16.4 Å². The smallest absolute Gasteiger partial charge is 0.340 e. The zero-order valence-corrected chi connectivity index (χ0v) is 15.2. The third kappa shape index (κ3) is 5.05. The number of rotatable bonds is 5. The van der Waals surface area contributed by atoms with Crippen LogP contribution in [0.25, 0.3) is 0 Å². The van der Waals surface area contributed by atoms with Crippen molar-refractivity contribution in [3.05, 3.63) is 46.7 Å². The number of carbonyl (C=O) groups is 2. The fraction of sp³-hybridized carbons (Fsp3) is 0.143. The molecule has 1 heterocycles. The van der Waals surface area contributed by atoms with Crippen LogP contribution >= 0.6 is 15.9 Å². The van der Waals surface area contributed by atoms with Gasteiger partial charge in [-0.1, -0.05) is 0 Å². The van der Waals surface area contributed by atoms with Crippen LogP contribution in [-0.2, 0) is 19.6 Å². The van der Waals surface area contributed by atoms with Crippen LogP contribution in [0.15, 0.2) is 46.0 Å². The van der Waals surface area contributed by atoms with Crippen molar-refractivity contribution in [1.82, 2.24) is 9.97 Å². The first-order valence-corrected chi connectivity index (χ1v) is 9.13. The molecule has 0 bridgehead atoms. The minimum Gasteiger partial charge on any atom is -0.449 e. The molecule has 0 spiro atoms. The van der Waals surface area contributed by atoms with Crippen molar-refractivity contribution >= 4 is 43.8 Å². The maximum Gasteiger partial charge on any atom is 0.340 e. The molecule has 0 aliphatic rings. The van der Waals surface area contributed by atoms with Gasteiger partial charge in [0.2, 0.25) is 16.0 Å². The van der Waals surface area contributed by atoms with Crippen LogP contribution in [0, 0.1) is 0 Å². The Morgan fingerprint density at radius 3 is 2.52 bits per heavy atom. The summed E-state index contributed by atoms with van der Waals surface area (Å²) < 4.78 is 28.1. The number of anilines is 1. The number of benzene rings is 1. The normalized spacial score (nSPS) is 12.3. The zero-order valence-electron chi connectivity index (χ0n) is 12.8. The number of sulfonamides is 1. The molecule has 1 aromatic carbocycles. The Kier molecular flexibility index (Phi) is 5.82. The standard InChI is InChI=1S/C14H13BrN4O5S/c1-8(12(20)19-14-17-5-2-6-18-14)24-13(21)10-7-9(25(16,22)23)3-4-11(10)15/h2-8H,1H3,(H2,16,22,23)(H,17,18,19,20). The summed E-state index contributed by atoms with van der Waals surface area (Å²) in [5, 5.41) is 7.42. The summed E-state index contributed by atoms with van der Waals surface area (Å²) >= 11 is 3.12. The SMILES string of the molecule is CC(OC(=O)c1cc(S(N)(=O)=O)ccc1Br)C(=O)Nc1ncccn1. The summed E-state index contributed by atoms with van der Waals surface area (Å²) in [7, 11) is -3.99. The molecule has 25 heavy (non-hydrogen) atoms. The summed E-state index contributed by atoms with van der Waals surface area (Å²) in [4.78, 5) is 31.6. The van der Waals surface area contributed by atoms with E-state index in [1.54, 1.807) is 6.07 Å². The average Bonchev–Trinajstić information content (AvgIpc) is 2.54. The van der Waals surface area contributed by atoms with E-state index in [0.717, 1.165) is 6.07 Å². The number of nitrogens with zero attached hydrogens (tertiary/aromatic N) is 2. The Balaban J connectivity index is 2.12. The highest BCUT2D eigenvalue weighted by Crippen LogP contribution is 2.22. The van der Waals surface area contributed by atoms with E-state index in [1.165, 1.54) is 31.5 Å². The highest BCUT2D eigenvalue weighted by molar-refractivity contribution is 9.10.